The lowest BCUT2D eigenvalue weighted by Crippen LogP contribution is -2.22. The normalized spacial score (nSPS) is 10.4. The van der Waals surface area contributed by atoms with Crippen molar-refractivity contribution in [3.05, 3.63) is 41.7 Å². The van der Waals surface area contributed by atoms with Crippen LogP contribution in [0.15, 0.2) is 30.5 Å². The molecule has 1 aromatic heterocycles. The van der Waals surface area contributed by atoms with E-state index >= 15 is 0 Å². The minimum absolute atomic E-state index is 0.174. The van der Waals surface area contributed by atoms with Gasteiger partial charge in [-0.3, -0.25) is 9.59 Å². The molecule has 0 fully saturated rings. The molecule has 2 N–H and O–H groups in total. The first-order valence-electron chi connectivity index (χ1n) is 7.70. The fraction of sp³-hybridized carbons (Fsp3) is 0.375. The zero-order valence-corrected chi connectivity index (χ0v) is 13.4. The maximum atomic E-state index is 12.1. The fourth-order valence-electron chi connectivity index (χ4n) is 1.95. The summed E-state index contributed by atoms with van der Waals surface area (Å²) in [5.74, 6) is -0.517. The molecule has 1 heterocycles. The first-order chi connectivity index (χ1) is 11.6. The zero-order chi connectivity index (χ0) is 17.4. The van der Waals surface area contributed by atoms with E-state index in [0.717, 1.165) is 18.6 Å². The number of ether oxygens (including phenoxy) is 1. The Morgan fingerprint density at radius 1 is 1.29 bits per heavy atom. The average Bonchev–Trinajstić information content (AvgIpc) is 3.00. The number of carbonyl (C=O) groups is 2. The van der Waals surface area contributed by atoms with E-state index in [0.29, 0.717) is 17.9 Å². The van der Waals surface area contributed by atoms with Crippen molar-refractivity contribution in [1.29, 1.82) is 0 Å². The monoisotopic (exact) mass is 332 g/mol. The summed E-state index contributed by atoms with van der Waals surface area (Å²) in [6.07, 6.45) is 3.54. The Balaban J connectivity index is 1.83. The van der Waals surface area contributed by atoms with Gasteiger partial charge in [-0.2, -0.15) is 0 Å². The highest BCUT2D eigenvalue weighted by molar-refractivity contribution is 5.94. The van der Waals surface area contributed by atoms with Gasteiger partial charge in [-0.1, -0.05) is 18.6 Å². The number of nitrogens with one attached hydrogen (secondary N) is 1. The smallest absolute Gasteiger partial charge is 0.325 e. The summed E-state index contributed by atoms with van der Waals surface area (Å²) in [7, 11) is 0. The van der Waals surface area contributed by atoms with Crippen molar-refractivity contribution in [3.8, 4) is 5.75 Å². The van der Waals surface area contributed by atoms with E-state index in [9.17, 15) is 9.59 Å². The number of unbranched alkanes of at least 4 members (excludes halogenated alkanes) is 1. The van der Waals surface area contributed by atoms with E-state index in [1.807, 2.05) is 0 Å². The molecule has 0 aliphatic heterocycles. The molecular formula is C16H20N4O4. The Kier molecular flexibility index (Phi) is 6.30. The average molecular weight is 332 g/mol. The lowest BCUT2D eigenvalue weighted by atomic mass is 10.2. The molecule has 2 aromatic rings. The van der Waals surface area contributed by atoms with Gasteiger partial charge in [-0.15, -0.1) is 5.10 Å². The van der Waals surface area contributed by atoms with E-state index < -0.39 is 5.97 Å². The highest BCUT2D eigenvalue weighted by Crippen LogP contribution is 2.12. The van der Waals surface area contributed by atoms with Crippen molar-refractivity contribution in [2.24, 2.45) is 0 Å². The van der Waals surface area contributed by atoms with Gasteiger partial charge in [0, 0.05) is 5.56 Å². The van der Waals surface area contributed by atoms with Gasteiger partial charge in [0.25, 0.3) is 5.91 Å². The third-order valence-corrected chi connectivity index (χ3v) is 3.20. The second kappa shape index (κ2) is 8.66. The van der Waals surface area contributed by atoms with E-state index in [4.69, 9.17) is 9.84 Å². The highest BCUT2D eigenvalue weighted by Gasteiger charge is 2.08. The lowest BCUT2D eigenvalue weighted by Gasteiger charge is -2.07. The molecular weight excluding hydrogens is 312 g/mol. The molecule has 8 nitrogen and oxygen atoms in total. The van der Waals surface area contributed by atoms with Gasteiger partial charge in [0.1, 0.15) is 18.0 Å². The number of benzene rings is 1. The number of carboxylic acids is 1. The number of hydrogen-bond donors (Lipinski definition) is 2. The Morgan fingerprint density at radius 2 is 2.04 bits per heavy atom. The van der Waals surface area contributed by atoms with Gasteiger partial charge in [-0.25, -0.2) is 4.68 Å². The fourth-order valence-corrected chi connectivity index (χ4v) is 1.95. The summed E-state index contributed by atoms with van der Waals surface area (Å²) in [6.45, 7) is 2.67. The highest BCUT2D eigenvalue weighted by atomic mass is 16.5. The predicted octanol–water partition coefficient (Wildman–Crippen LogP) is 1.47. The van der Waals surface area contributed by atoms with Crippen LogP contribution in [0.5, 0.6) is 5.75 Å². The van der Waals surface area contributed by atoms with Gasteiger partial charge < -0.3 is 15.2 Å². The van der Waals surface area contributed by atoms with Crippen molar-refractivity contribution in [3.63, 3.8) is 0 Å². The van der Waals surface area contributed by atoms with Gasteiger partial charge in [-0.05, 0) is 30.7 Å². The van der Waals surface area contributed by atoms with Crippen molar-refractivity contribution < 1.29 is 19.4 Å². The van der Waals surface area contributed by atoms with Crippen LogP contribution in [0.25, 0.3) is 0 Å². The molecule has 0 bridgehead atoms. The topological polar surface area (TPSA) is 106 Å². The van der Waals surface area contributed by atoms with Crippen molar-refractivity contribution in [2.75, 3.05) is 6.61 Å². The van der Waals surface area contributed by atoms with Gasteiger partial charge in [0.15, 0.2) is 0 Å². The first kappa shape index (κ1) is 17.5. The van der Waals surface area contributed by atoms with Crippen LogP contribution in [-0.4, -0.2) is 38.6 Å². The Bertz CT molecular complexity index is 682. The molecule has 24 heavy (non-hydrogen) atoms. The molecule has 0 saturated heterocycles. The Hall–Kier alpha value is -2.90. The van der Waals surface area contributed by atoms with Crippen LogP contribution in [0.4, 0.5) is 0 Å². The van der Waals surface area contributed by atoms with Crippen molar-refractivity contribution in [2.45, 2.75) is 32.9 Å². The number of rotatable bonds is 9. The third-order valence-electron chi connectivity index (χ3n) is 3.20. The number of carbonyl (C=O) groups excluding carboxylic acids is 1. The summed E-state index contributed by atoms with van der Waals surface area (Å²) in [5, 5.41) is 18.9. The number of hydrogen-bond acceptors (Lipinski definition) is 5. The number of nitrogens with zero attached hydrogens (tertiary/aromatic N) is 3. The molecule has 0 spiro atoms. The molecule has 0 aliphatic carbocycles. The summed E-state index contributed by atoms with van der Waals surface area (Å²) in [5.41, 5.74) is 1.000. The van der Waals surface area contributed by atoms with Crippen molar-refractivity contribution >= 4 is 11.9 Å². The van der Waals surface area contributed by atoms with Crippen LogP contribution in [0.3, 0.4) is 0 Å². The van der Waals surface area contributed by atoms with E-state index in [1.165, 1.54) is 10.9 Å². The molecule has 1 aromatic carbocycles. The van der Waals surface area contributed by atoms with Crippen LogP contribution >= 0.6 is 0 Å². The number of aromatic nitrogens is 3. The Morgan fingerprint density at radius 3 is 2.71 bits per heavy atom. The molecule has 0 radical (unpaired) electrons. The van der Waals surface area contributed by atoms with Crippen LogP contribution < -0.4 is 10.1 Å². The van der Waals surface area contributed by atoms with Crippen LogP contribution in [0, 0.1) is 0 Å². The second-order valence-corrected chi connectivity index (χ2v) is 5.21. The number of carboxylic acid groups (broad SMARTS) is 1. The molecule has 2 rings (SSSR count). The minimum atomic E-state index is -1.00. The maximum absolute atomic E-state index is 12.1. The van der Waals surface area contributed by atoms with Crippen molar-refractivity contribution in [1.82, 2.24) is 20.3 Å². The molecule has 0 aliphatic rings. The summed E-state index contributed by atoms with van der Waals surface area (Å²) < 4.78 is 6.74. The summed E-state index contributed by atoms with van der Waals surface area (Å²) in [6, 6.07) is 6.90. The zero-order valence-electron chi connectivity index (χ0n) is 13.4. The molecule has 0 saturated carbocycles. The Labute approximate surface area is 139 Å². The molecule has 1 amide bonds. The number of amides is 1. The van der Waals surface area contributed by atoms with Gasteiger partial charge >= 0.3 is 5.97 Å². The van der Waals surface area contributed by atoms with Gasteiger partial charge in [0.05, 0.1) is 19.3 Å². The van der Waals surface area contributed by atoms with Crippen LogP contribution in [0.2, 0.25) is 0 Å². The minimum Gasteiger partial charge on any atom is -0.494 e. The van der Waals surface area contributed by atoms with Crippen LogP contribution in [0.1, 0.15) is 35.8 Å². The lowest BCUT2D eigenvalue weighted by molar-refractivity contribution is -0.137. The molecule has 8 heteroatoms. The van der Waals surface area contributed by atoms with E-state index in [1.54, 1.807) is 24.3 Å². The number of aliphatic carboxylic acids is 1. The standard InChI is InChI=1S/C16H20N4O4/c1-2-3-8-24-14-6-4-12(5-7-14)16(23)17-9-13-10-20(19-18-13)11-15(21)22/h4-7,10H,2-3,8-9,11H2,1H3,(H,17,23)(H,21,22). The van der Waals surface area contributed by atoms with Crippen LogP contribution in [-0.2, 0) is 17.9 Å². The SMILES string of the molecule is CCCCOc1ccc(C(=O)NCc2cn(CC(=O)O)nn2)cc1. The third kappa shape index (κ3) is 5.38. The quantitative estimate of drug-likeness (QED) is 0.674. The van der Waals surface area contributed by atoms with Gasteiger partial charge in [0.2, 0.25) is 0 Å². The largest absolute Gasteiger partial charge is 0.494 e. The first-order valence-corrected chi connectivity index (χ1v) is 7.70. The van der Waals surface area contributed by atoms with E-state index in [2.05, 4.69) is 22.6 Å². The molecule has 0 atom stereocenters. The molecule has 0 unspecified atom stereocenters. The summed E-state index contributed by atoms with van der Waals surface area (Å²) >= 11 is 0. The molecule has 128 valence electrons. The second-order valence-electron chi connectivity index (χ2n) is 5.21. The summed E-state index contributed by atoms with van der Waals surface area (Å²) in [4.78, 5) is 22.6. The van der Waals surface area contributed by atoms with E-state index in [-0.39, 0.29) is 19.0 Å². The maximum Gasteiger partial charge on any atom is 0.325 e. The predicted molar refractivity (Wildman–Crippen MR) is 85.7 cm³/mol.